The zero-order valence-corrected chi connectivity index (χ0v) is 13.4. The summed E-state index contributed by atoms with van der Waals surface area (Å²) in [6.45, 7) is 2.33. The van der Waals surface area contributed by atoms with Crippen LogP contribution in [0.2, 0.25) is 5.02 Å². The fraction of sp³-hybridized carbons (Fsp3) is 0.125. The predicted octanol–water partition coefficient (Wildman–Crippen LogP) is 4.05. The number of nitrogens with one attached hydrogen (secondary N) is 2. The molecule has 0 radical (unpaired) electrons. The number of hydrogen-bond acceptors (Lipinski definition) is 3. The number of aryl methyl sites for hydroxylation is 1. The molecule has 24 heavy (non-hydrogen) atoms. The molecule has 3 aromatic rings. The zero-order valence-electron chi connectivity index (χ0n) is 12.6. The minimum atomic E-state index is -0.566. The van der Waals surface area contributed by atoms with Gasteiger partial charge < -0.3 is 15.1 Å². The third-order valence-corrected chi connectivity index (χ3v) is 3.71. The van der Waals surface area contributed by atoms with E-state index < -0.39 is 17.6 Å². The second kappa shape index (κ2) is 6.37. The molecule has 0 aliphatic rings. The number of hydrogen-bond donors (Lipinski definition) is 2. The van der Waals surface area contributed by atoms with Gasteiger partial charge in [-0.15, -0.1) is 0 Å². The van der Waals surface area contributed by atoms with Crippen LogP contribution in [-0.2, 0) is 6.54 Å². The van der Waals surface area contributed by atoms with Crippen molar-refractivity contribution in [1.29, 1.82) is 0 Å². The molecule has 0 aliphatic carbocycles. The summed E-state index contributed by atoms with van der Waals surface area (Å²) in [5, 5.41) is 5.05. The number of fused-ring (bicyclic) bond motifs is 1. The molecule has 2 aromatic carbocycles. The molecular weight excluding hydrogens is 337 g/mol. The van der Waals surface area contributed by atoms with Crippen LogP contribution in [0, 0.1) is 5.82 Å². The van der Waals surface area contributed by atoms with Crippen molar-refractivity contribution in [3.63, 3.8) is 0 Å². The van der Waals surface area contributed by atoms with Crippen LogP contribution in [0.25, 0.3) is 11.1 Å². The Bertz CT molecular complexity index is 980. The topological polar surface area (TPSA) is 76.3 Å². The molecule has 6 nitrogen and oxygen atoms in total. The van der Waals surface area contributed by atoms with E-state index in [4.69, 9.17) is 16.0 Å². The van der Waals surface area contributed by atoms with Crippen molar-refractivity contribution in [2.75, 3.05) is 10.6 Å². The molecule has 1 aromatic heterocycles. The van der Waals surface area contributed by atoms with Gasteiger partial charge in [-0.1, -0.05) is 11.6 Å². The van der Waals surface area contributed by atoms with E-state index in [-0.39, 0.29) is 5.02 Å². The number of nitrogens with zero attached hydrogens (tertiary/aromatic N) is 1. The van der Waals surface area contributed by atoms with Gasteiger partial charge in [0, 0.05) is 24.0 Å². The molecule has 3 rings (SSSR count). The van der Waals surface area contributed by atoms with Crippen LogP contribution in [0.4, 0.5) is 20.6 Å². The number of anilines is 2. The Labute approximate surface area is 140 Å². The standard InChI is InChI=1S/C16H13ClFN3O3/c1-2-21-13-6-4-10(8-14(13)24-16(21)23)20-15(22)19-9-3-5-12(18)11(17)7-9/h3-8H,2H2,1H3,(H2,19,20,22). The summed E-state index contributed by atoms with van der Waals surface area (Å²) in [5.74, 6) is -1.02. The summed E-state index contributed by atoms with van der Waals surface area (Å²) in [5.41, 5.74) is 1.83. The van der Waals surface area contributed by atoms with Gasteiger partial charge in [0.1, 0.15) is 5.82 Å². The number of carbonyl (C=O) groups is 1. The van der Waals surface area contributed by atoms with Gasteiger partial charge in [0.15, 0.2) is 5.58 Å². The molecule has 2 N–H and O–H groups in total. The zero-order chi connectivity index (χ0) is 17.3. The Balaban J connectivity index is 1.77. The number of aromatic nitrogens is 1. The van der Waals surface area contributed by atoms with E-state index in [0.717, 1.165) is 6.07 Å². The Kier molecular flexibility index (Phi) is 4.26. The van der Waals surface area contributed by atoms with Gasteiger partial charge in [0.2, 0.25) is 0 Å². The first-order valence-electron chi connectivity index (χ1n) is 7.14. The van der Waals surface area contributed by atoms with E-state index in [1.807, 2.05) is 6.92 Å². The first-order valence-corrected chi connectivity index (χ1v) is 7.52. The van der Waals surface area contributed by atoms with Crippen molar-refractivity contribution >= 4 is 40.1 Å². The third kappa shape index (κ3) is 3.11. The highest BCUT2D eigenvalue weighted by Crippen LogP contribution is 2.21. The molecule has 1 heterocycles. The van der Waals surface area contributed by atoms with E-state index in [0.29, 0.717) is 29.0 Å². The SMILES string of the molecule is CCn1c(=O)oc2cc(NC(=O)Nc3ccc(F)c(Cl)c3)ccc21. The van der Waals surface area contributed by atoms with Gasteiger partial charge >= 0.3 is 11.8 Å². The van der Waals surface area contributed by atoms with Crippen molar-refractivity contribution in [3.8, 4) is 0 Å². The summed E-state index contributed by atoms with van der Waals surface area (Å²) in [6.07, 6.45) is 0. The lowest BCUT2D eigenvalue weighted by molar-refractivity contribution is 0.262. The van der Waals surface area contributed by atoms with Gasteiger partial charge in [-0.3, -0.25) is 4.57 Å². The monoisotopic (exact) mass is 349 g/mol. The first-order chi connectivity index (χ1) is 11.5. The molecule has 0 saturated heterocycles. The lowest BCUT2D eigenvalue weighted by atomic mass is 10.3. The second-order valence-electron chi connectivity index (χ2n) is 5.00. The number of rotatable bonds is 3. The Morgan fingerprint density at radius 1 is 1.21 bits per heavy atom. The van der Waals surface area contributed by atoms with E-state index in [1.165, 1.54) is 16.7 Å². The molecule has 124 valence electrons. The highest BCUT2D eigenvalue weighted by molar-refractivity contribution is 6.31. The van der Waals surface area contributed by atoms with Crippen molar-refractivity contribution in [2.24, 2.45) is 0 Å². The van der Waals surface area contributed by atoms with Crippen LogP contribution in [0.5, 0.6) is 0 Å². The third-order valence-electron chi connectivity index (χ3n) is 3.42. The number of benzene rings is 2. The molecular formula is C16H13ClFN3O3. The molecule has 8 heteroatoms. The Morgan fingerprint density at radius 2 is 1.88 bits per heavy atom. The van der Waals surface area contributed by atoms with E-state index >= 15 is 0 Å². The van der Waals surface area contributed by atoms with Crippen molar-refractivity contribution in [3.05, 3.63) is 57.8 Å². The minimum absolute atomic E-state index is 0.0862. The van der Waals surface area contributed by atoms with Gasteiger partial charge in [0.05, 0.1) is 10.5 Å². The smallest absolute Gasteiger partial charge is 0.408 e. The fourth-order valence-corrected chi connectivity index (χ4v) is 2.49. The lowest BCUT2D eigenvalue weighted by Gasteiger charge is -2.08. The van der Waals surface area contributed by atoms with E-state index in [1.54, 1.807) is 18.2 Å². The average molecular weight is 350 g/mol. The molecule has 0 saturated carbocycles. The van der Waals surface area contributed by atoms with Crippen molar-refractivity contribution in [1.82, 2.24) is 4.57 Å². The maximum Gasteiger partial charge on any atom is 0.419 e. The first kappa shape index (κ1) is 16.1. The van der Waals surface area contributed by atoms with Crippen LogP contribution in [0.1, 0.15) is 6.92 Å². The van der Waals surface area contributed by atoms with Crippen LogP contribution in [0.3, 0.4) is 0 Å². The number of oxazole rings is 1. The van der Waals surface area contributed by atoms with Gasteiger partial charge in [-0.25, -0.2) is 14.0 Å². The molecule has 0 unspecified atom stereocenters. The predicted molar refractivity (Wildman–Crippen MR) is 90.2 cm³/mol. The van der Waals surface area contributed by atoms with Crippen LogP contribution < -0.4 is 16.4 Å². The highest BCUT2D eigenvalue weighted by atomic mass is 35.5. The maximum atomic E-state index is 13.1. The van der Waals surface area contributed by atoms with Gasteiger partial charge in [-0.05, 0) is 37.3 Å². The average Bonchev–Trinajstić information content (AvgIpc) is 2.85. The summed E-state index contributed by atoms with van der Waals surface area (Å²) in [6, 6.07) is 8.22. The van der Waals surface area contributed by atoms with Gasteiger partial charge in [0.25, 0.3) is 0 Å². The van der Waals surface area contributed by atoms with Gasteiger partial charge in [-0.2, -0.15) is 0 Å². The van der Waals surface area contributed by atoms with Crippen LogP contribution >= 0.6 is 11.6 Å². The Hall–Kier alpha value is -2.80. The minimum Gasteiger partial charge on any atom is -0.408 e. The molecule has 0 fully saturated rings. The molecule has 0 aliphatic heterocycles. The number of carbonyl (C=O) groups excluding carboxylic acids is 1. The number of halogens is 2. The lowest BCUT2D eigenvalue weighted by Crippen LogP contribution is -2.19. The molecule has 2 amide bonds. The van der Waals surface area contributed by atoms with Crippen molar-refractivity contribution < 1.29 is 13.6 Å². The fourth-order valence-electron chi connectivity index (χ4n) is 2.31. The molecule has 0 spiro atoms. The Morgan fingerprint density at radius 3 is 2.54 bits per heavy atom. The number of urea groups is 1. The largest absolute Gasteiger partial charge is 0.419 e. The molecule has 0 atom stereocenters. The maximum absolute atomic E-state index is 13.1. The highest BCUT2D eigenvalue weighted by Gasteiger charge is 2.10. The normalized spacial score (nSPS) is 10.8. The summed E-state index contributed by atoms with van der Waals surface area (Å²) >= 11 is 5.66. The second-order valence-corrected chi connectivity index (χ2v) is 5.41. The van der Waals surface area contributed by atoms with Crippen LogP contribution in [0.15, 0.2) is 45.6 Å². The van der Waals surface area contributed by atoms with E-state index in [9.17, 15) is 14.0 Å². The van der Waals surface area contributed by atoms with Crippen LogP contribution in [-0.4, -0.2) is 10.6 Å². The van der Waals surface area contributed by atoms with Crippen molar-refractivity contribution in [2.45, 2.75) is 13.5 Å². The molecule has 0 bridgehead atoms. The number of amides is 2. The van der Waals surface area contributed by atoms with E-state index in [2.05, 4.69) is 10.6 Å². The quantitative estimate of drug-likeness (QED) is 0.749. The summed E-state index contributed by atoms with van der Waals surface area (Å²) in [4.78, 5) is 23.6. The summed E-state index contributed by atoms with van der Waals surface area (Å²) < 4.78 is 19.7. The summed E-state index contributed by atoms with van der Waals surface area (Å²) in [7, 11) is 0.